The van der Waals surface area contributed by atoms with E-state index in [4.69, 9.17) is 11.6 Å². The number of unbranched alkanes of at least 4 members (excludes halogenated alkanes) is 3. The van der Waals surface area contributed by atoms with Gasteiger partial charge in [-0.25, -0.2) is 4.98 Å². The zero-order chi connectivity index (χ0) is 11.4. The molecule has 1 N–H and O–H groups in total. The minimum atomic E-state index is 0.730. The fourth-order valence-electron chi connectivity index (χ4n) is 1.89. The lowest BCUT2D eigenvalue weighted by Gasteiger charge is -1.95. The fourth-order valence-corrected chi connectivity index (χ4v) is 2.10. The van der Waals surface area contributed by atoms with Crippen molar-refractivity contribution in [2.75, 3.05) is 0 Å². The first-order chi connectivity index (χ1) is 7.81. The van der Waals surface area contributed by atoms with E-state index in [9.17, 15) is 0 Å². The molecule has 0 spiro atoms. The molecule has 2 aromatic rings. The molecule has 0 aliphatic rings. The van der Waals surface area contributed by atoms with E-state index >= 15 is 0 Å². The third-order valence-electron chi connectivity index (χ3n) is 2.78. The monoisotopic (exact) mass is 236 g/mol. The molecular formula is C13H17ClN2. The quantitative estimate of drug-likeness (QED) is 0.769. The third-order valence-corrected chi connectivity index (χ3v) is 3.08. The Kier molecular flexibility index (Phi) is 3.83. The fraction of sp³-hybridized carbons (Fsp3) is 0.462. The molecule has 0 aliphatic carbocycles. The molecule has 1 heterocycles. The number of halogens is 1. The molecule has 0 bridgehead atoms. The Labute approximate surface area is 101 Å². The van der Waals surface area contributed by atoms with Gasteiger partial charge in [0.05, 0.1) is 10.5 Å². The molecule has 0 aliphatic heterocycles. The number of nitrogens with zero attached hydrogens (tertiary/aromatic N) is 1. The van der Waals surface area contributed by atoms with Gasteiger partial charge in [-0.3, -0.25) is 0 Å². The lowest BCUT2D eigenvalue weighted by molar-refractivity contribution is 0.656. The van der Waals surface area contributed by atoms with Crippen molar-refractivity contribution in [2.45, 2.75) is 39.0 Å². The molecule has 1 aromatic carbocycles. The van der Waals surface area contributed by atoms with Crippen molar-refractivity contribution in [3.05, 3.63) is 29.0 Å². The number of benzene rings is 1. The number of H-pyrrole nitrogens is 1. The third kappa shape index (κ3) is 2.56. The van der Waals surface area contributed by atoms with E-state index in [1.54, 1.807) is 0 Å². The van der Waals surface area contributed by atoms with E-state index in [1.807, 2.05) is 18.2 Å². The maximum absolute atomic E-state index is 6.07. The topological polar surface area (TPSA) is 28.7 Å². The van der Waals surface area contributed by atoms with E-state index in [-0.39, 0.29) is 0 Å². The summed E-state index contributed by atoms with van der Waals surface area (Å²) in [7, 11) is 0. The van der Waals surface area contributed by atoms with Gasteiger partial charge in [0.1, 0.15) is 11.3 Å². The standard InChI is InChI=1S/C13H17ClN2/c1-2-3-4-5-9-12-15-11-8-6-7-10(14)13(11)16-12/h6-8H,2-5,9H2,1H3,(H,15,16). The Morgan fingerprint density at radius 3 is 2.88 bits per heavy atom. The highest BCUT2D eigenvalue weighted by Gasteiger charge is 2.05. The van der Waals surface area contributed by atoms with Crippen LogP contribution in [0.25, 0.3) is 11.0 Å². The van der Waals surface area contributed by atoms with E-state index in [1.165, 1.54) is 25.7 Å². The van der Waals surface area contributed by atoms with Gasteiger partial charge in [0.2, 0.25) is 0 Å². The summed E-state index contributed by atoms with van der Waals surface area (Å²) in [6.45, 7) is 2.22. The summed E-state index contributed by atoms with van der Waals surface area (Å²) in [6, 6.07) is 5.85. The predicted molar refractivity (Wildman–Crippen MR) is 68.9 cm³/mol. The van der Waals surface area contributed by atoms with Crippen LogP contribution in [0.1, 0.15) is 38.4 Å². The molecular weight excluding hydrogens is 220 g/mol. The molecule has 0 amide bonds. The van der Waals surface area contributed by atoms with Gasteiger partial charge in [0, 0.05) is 6.42 Å². The lowest BCUT2D eigenvalue weighted by atomic mass is 10.1. The first-order valence-corrected chi connectivity index (χ1v) is 6.32. The van der Waals surface area contributed by atoms with E-state index in [0.29, 0.717) is 0 Å². The van der Waals surface area contributed by atoms with Crippen LogP contribution < -0.4 is 0 Å². The first-order valence-electron chi connectivity index (χ1n) is 5.94. The molecule has 3 heteroatoms. The van der Waals surface area contributed by atoms with Crippen molar-refractivity contribution in [1.82, 2.24) is 9.97 Å². The summed E-state index contributed by atoms with van der Waals surface area (Å²) in [4.78, 5) is 7.84. The highest BCUT2D eigenvalue weighted by Crippen LogP contribution is 2.21. The van der Waals surface area contributed by atoms with E-state index in [0.717, 1.165) is 28.3 Å². The minimum Gasteiger partial charge on any atom is -0.342 e. The molecule has 0 fully saturated rings. The van der Waals surface area contributed by atoms with Crippen LogP contribution in [0.5, 0.6) is 0 Å². The second kappa shape index (κ2) is 5.35. The van der Waals surface area contributed by atoms with Crippen LogP contribution >= 0.6 is 11.6 Å². The maximum atomic E-state index is 6.07. The Balaban J connectivity index is 2.05. The number of hydrogen-bond acceptors (Lipinski definition) is 1. The van der Waals surface area contributed by atoms with Crippen LogP contribution in [0.3, 0.4) is 0 Å². The average molecular weight is 237 g/mol. The molecule has 0 saturated carbocycles. The van der Waals surface area contributed by atoms with Gasteiger partial charge in [-0.05, 0) is 18.6 Å². The molecule has 0 radical (unpaired) electrons. The van der Waals surface area contributed by atoms with Gasteiger partial charge in [-0.2, -0.15) is 0 Å². The highest BCUT2D eigenvalue weighted by molar-refractivity contribution is 6.34. The summed E-state index contributed by atoms with van der Waals surface area (Å²) in [5.74, 6) is 1.05. The molecule has 86 valence electrons. The SMILES string of the molecule is CCCCCCc1nc2c(Cl)cccc2[nH]1. The van der Waals surface area contributed by atoms with E-state index < -0.39 is 0 Å². The zero-order valence-corrected chi connectivity index (χ0v) is 10.3. The summed E-state index contributed by atoms with van der Waals surface area (Å²) in [5.41, 5.74) is 1.94. The van der Waals surface area contributed by atoms with Crippen molar-refractivity contribution in [3.8, 4) is 0 Å². The van der Waals surface area contributed by atoms with Gasteiger partial charge in [0.25, 0.3) is 0 Å². The summed E-state index contributed by atoms with van der Waals surface area (Å²) < 4.78 is 0. The number of aromatic amines is 1. The molecule has 2 rings (SSSR count). The maximum Gasteiger partial charge on any atom is 0.107 e. The molecule has 16 heavy (non-hydrogen) atoms. The van der Waals surface area contributed by atoms with Crippen LogP contribution in [0.4, 0.5) is 0 Å². The Bertz CT molecular complexity index is 462. The van der Waals surface area contributed by atoms with Crippen LogP contribution in [-0.2, 0) is 6.42 Å². The van der Waals surface area contributed by atoms with Gasteiger partial charge in [0.15, 0.2) is 0 Å². The second-order valence-electron chi connectivity index (χ2n) is 4.13. The molecule has 0 atom stereocenters. The number of imidazole rings is 1. The molecule has 0 unspecified atom stereocenters. The molecule has 0 saturated heterocycles. The number of aromatic nitrogens is 2. The average Bonchev–Trinajstić information content (AvgIpc) is 2.69. The summed E-state index contributed by atoms with van der Waals surface area (Å²) >= 11 is 6.07. The van der Waals surface area contributed by atoms with E-state index in [2.05, 4.69) is 16.9 Å². The smallest absolute Gasteiger partial charge is 0.107 e. The van der Waals surface area contributed by atoms with Gasteiger partial charge < -0.3 is 4.98 Å². The van der Waals surface area contributed by atoms with Crippen molar-refractivity contribution in [2.24, 2.45) is 0 Å². The largest absolute Gasteiger partial charge is 0.342 e. The number of rotatable bonds is 5. The Morgan fingerprint density at radius 1 is 1.25 bits per heavy atom. The second-order valence-corrected chi connectivity index (χ2v) is 4.54. The predicted octanol–water partition coefficient (Wildman–Crippen LogP) is 4.34. The van der Waals surface area contributed by atoms with Gasteiger partial charge in [-0.1, -0.05) is 43.9 Å². The van der Waals surface area contributed by atoms with Crippen LogP contribution in [0.2, 0.25) is 5.02 Å². The van der Waals surface area contributed by atoms with Crippen molar-refractivity contribution < 1.29 is 0 Å². The lowest BCUT2D eigenvalue weighted by Crippen LogP contribution is -1.87. The first kappa shape index (κ1) is 11.5. The normalized spacial score (nSPS) is 11.1. The van der Waals surface area contributed by atoms with Gasteiger partial charge in [-0.15, -0.1) is 0 Å². The number of aryl methyl sites for hydroxylation is 1. The van der Waals surface area contributed by atoms with Crippen molar-refractivity contribution in [1.29, 1.82) is 0 Å². The zero-order valence-electron chi connectivity index (χ0n) is 9.59. The van der Waals surface area contributed by atoms with Crippen LogP contribution in [-0.4, -0.2) is 9.97 Å². The number of para-hydroxylation sites is 1. The van der Waals surface area contributed by atoms with Crippen molar-refractivity contribution >= 4 is 22.6 Å². The highest BCUT2D eigenvalue weighted by atomic mass is 35.5. The van der Waals surface area contributed by atoms with Crippen LogP contribution in [0.15, 0.2) is 18.2 Å². The number of hydrogen-bond donors (Lipinski definition) is 1. The van der Waals surface area contributed by atoms with Crippen LogP contribution in [0, 0.1) is 0 Å². The Morgan fingerprint density at radius 2 is 2.12 bits per heavy atom. The summed E-state index contributed by atoms with van der Waals surface area (Å²) in [6.07, 6.45) is 6.07. The summed E-state index contributed by atoms with van der Waals surface area (Å²) in [5, 5.41) is 0.730. The number of nitrogens with one attached hydrogen (secondary N) is 1. The Hall–Kier alpha value is -1.02. The molecule has 2 nitrogen and oxygen atoms in total. The minimum absolute atomic E-state index is 0.730. The van der Waals surface area contributed by atoms with Crippen molar-refractivity contribution in [3.63, 3.8) is 0 Å². The molecule has 1 aromatic heterocycles. The number of fused-ring (bicyclic) bond motifs is 1. The van der Waals surface area contributed by atoms with Gasteiger partial charge >= 0.3 is 0 Å².